The van der Waals surface area contributed by atoms with E-state index in [4.69, 9.17) is 19.9 Å². The molecule has 320 valence electrons. The van der Waals surface area contributed by atoms with Crippen LogP contribution < -0.4 is 0 Å². The van der Waals surface area contributed by atoms with Crippen molar-refractivity contribution >= 4 is 75.8 Å². The predicted octanol–water partition coefficient (Wildman–Crippen LogP) is 16.5. The first-order valence-corrected chi connectivity index (χ1v) is 23.4. The van der Waals surface area contributed by atoms with Gasteiger partial charge < -0.3 is 4.57 Å². The van der Waals surface area contributed by atoms with Gasteiger partial charge >= 0.3 is 0 Å². The molecule has 0 radical (unpaired) electrons. The Bertz CT molecular complexity index is 4330. The zero-order valence-electron chi connectivity index (χ0n) is 37.3. The van der Waals surface area contributed by atoms with Gasteiger partial charge in [0.05, 0.1) is 22.2 Å². The van der Waals surface area contributed by atoms with Gasteiger partial charge in [-0.25, -0.2) is 19.9 Å². The maximum Gasteiger partial charge on any atom is 0.164 e. The van der Waals surface area contributed by atoms with Crippen LogP contribution in [0.1, 0.15) is 0 Å². The zero-order chi connectivity index (χ0) is 45.4. The van der Waals surface area contributed by atoms with Gasteiger partial charge in [0.25, 0.3) is 0 Å². The molecule has 0 fully saturated rings. The van der Waals surface area contributed by atoms with Crippen molar-refractivity contribution in [2.45, 2.75) is 0 Å². The van der Waals surface area contributed by atoms with Gasteiger partial charge in [0.1, 0.15) is 0 Å². The first-order valence-electron chi connectivity index (χ1n) is 23.4. The minimum Gasteiger partial charge on any atom is -0.307 e. The van der Waals surface area contributed by atoms with Crippen LogP contribution in [-0.4, -0.2) is 24.5 Å². The van der Waals surface area contributed by atoms with Crippen molar-refractivity contribution in [2.24, 2.45) is 0 Å². The van der Waals surface area contributed by atoms with E-state index >= 15 is 0 Å². The average molecular weight is 878 g/mol. The maximum absolute atomic E-state index is 5.53. The zero-order valence-corrected chi connectivity index (χ0v) is 37.3. The summed E-state index contributed by atoms with van der Waals surface area (Å²) in [5, 5.41) is 13.1. The molecule has 3 aromatic heterocycles. The summed E-state index contributed by atoms with van der Waals surface area (Å²) in [5.41, 5.74) is 11.2. The summed E-state index contributed by atoms with van der Waals surface area (Å²) in [6.45, 7) is 0. The summed E-state index contributed by atoms with van der Waals surface area (Å²) in [7, 11) is 0. The van der Waals surface area contributed by atoms with E-state index in [1.165, 1.54) is 43.1 Å². The molecule has 69 heavy (non-hydrogen) atoms. The predicted molar refractivity (Wildman–Crippen MR) is 287 cm³/mol. The minimum atomic E-state index is 0.603. The third-order valence-electron chi connectivity index (χ3n) is 13.8. The SMILES string of the molecule is c1ccc(-c2nc(-c3cccc(-c4ccc5c6ccccc6c6ccccc6c5c4)c3)nc(-c3ccc(-c4nc5ccccc5c5c6ccccc6n(-c6ccccc6)c45)c4ccccc34)n2)cc1. The van der Waals surface area contributed by atoms with Crippen molar-refractivity contribution in [3.05, 3.63) is 237 Å². The Balaban J connectivity index is 0.961. The third-order valence-corrected chi connectivity index (χ3v) is 13.8. The fourth-order valence-electron chi connectivity index (χ4n) is 10.7. The quantitative estimate of drug-likeness (QED) is 0.156. The number of nitrogens with zero attached hydrogens (tertiary/aromatic N) is 5. The molecule has 0 saturated carbocycles. The lowest BCUT2D eigenvalue weighted by Crippen LogP contribution is -2.01. The van der Waals surface area contributed by atoms with Crippen molar-refractivity contribution in [1.29, 1.82) is 0 Å². The van der Waals surface area contributed by atoms with E-state index in [-0.39, 0.29) is 0 Å². The molecule has 0 amide bonds. The minimum absolute atomic E-state index is 0.603. The molecule has 5 heteroatoms. The van der Waals surface area contributed by atoms with Crippen molar-refractivity contribution in [1.82, 2.24) is 24.5 Å². The van der Waals surface area contributed by atoms with Crippen LogP contribution in [0.2, 0.25) is 0 Å². The number of hydrogen-bond donors (Lipinski definition) is 0. The topological polar surface area (TPSA) is 56.5 Å². The fourth-order valence-corrected chi connectivity index (χ4v) is 10.7. The Morgan fingerprint density at radius 1 is 0.275 bits per heavy atom. The largest absolute Gasteiger partial charge is 0.307 e. The van der Waals surface area contributed by atoms with E-state index in [0.717, 1.165) is 77.5 Å². The fraction of sp³-hybridized carbons (Fsp3) is 0. The van der Waals surface area contributed by atoms with E-state index < -0.39 is 0 Å². The number of pyridine rings is 1. The molecule has 0 bridgehead atoms. The number of fused-ring (bicyclic) bond motifs is 12. The van der Waals surface area contributed by atoms with Gasteiger partial charge in [0.15, 0.2) is 17.5 Å². The van der Waals surface area contributed by atoms with Gasteiger partial charge in [-0.3, -0.25) is 0 Å². The third kappa shape index (κ3) is 6.25. The molecular weight excluding hydrogens is 839 g/mol. The summed E-state index contributed by atoms with van der Waals surface area (Å²) in [6.07, 6.45) is 0. The summed E-state index contributed by atoms with van der Waals surface area (Å²) in [5.74, 6) is 1.82. The Hall–Kier alpha value is -9.32. The Morgan fingerprint density at radius 2 is 0.768 bits per heavy atom. The molecule has 3 heterocycles. The maximum atomic E-state index is 5.53. The van der Waals surface area contributed by atoms with Crippen molar-refractivity contribution in [3.8, 4) is 62.2 Å². The first-order chi connectivity index (χ1) is 34.2. The molecule has 0 spiro atoms. The van der Waals surface area contributed by atoms with Crippen LogP contribution in [-0.2, 0) is 0 Å². The molecule has 0 aliphatic carbocycles. The van der Waals surface area contributed by atoms with E-state index in [2.05, 4.69) is 223 Å². The average Bonchev–Trinajstić information content (AvgIpc) is 3.78. The van der Waals surface area contributed by atoms with Gasteiger partial charge in [-0.15, -0.1) is 0 Å². The standard InChI is InChI=1S/C64H39N5/c1-3-18-40(19-4-1)62-66-63(43-21-17-20-41(38-43)42-34-35-51-47-26-8-7-24-45(47)46-25-9-12-29-50(46)56(51)39-42)68-64(67-62)53-37-36-52(48-27-10-11-28-49(48)53)60-61-59(54-30-13-15-32-57(54)65-60)55-31-14-16-33-58(55)69(61)44-22-5-2-6-23-44/h1-39H. The summed E-state index contributed by atoms with van der Waals surface area (Å²) < 4.78 is 2.38. The molecule has 0 saturated heterocycles. The molecular formula is C64H39N5. The van der Waals surface area contributed by atoms with Gasteiger partial charge in [0.2, 0.25) is 0 Å². The van der Waals surface area contributed by atoms with Crippen LogP contribution in [0.15, 0.2) is 237 Å². The highest BCUT2D eigenvalue weighted by Gasteiger charge is 2.23. The van der Waals surface area contributed by atoms with Crippen LogP contribution in [0.4, 0.5) is 0 Å². The van der Waals surface area contributed by atoms with Crippen molar-refractivity contribution < 1.29 is 0 Å². The summed E-state index contributed by atoms with van der Waals surface area (Å²) in [4.78, 5) is 21.3. The first kappa shape index (κ1) is 38.9. The number of rotatable bonds is 6. The van der Waals surface area contributed by atoms with Gasteiger partial charge in [-0.05, 0) is 96.7 Å². The molecule has 0 N–H and O–H groups in total. The number of hydrogen-bond acceptors (Lipinski definition) is 4. The molecule has 11 aromatic carbocycles. The molecule has 0 aliphatic heterocycles. The van der Waals surface area contributed by atoms with Crippen LogP contribution in [0.25, 0.3) is 138 Å². The van der Waals surface area contributed by atoms with Crippen molar-refractivity contribution in [2.75, 3.05) is 0 Å². The van der Waals surface area contributed by atoms with E-state index in [9.17, 15) is 0 Å². The van der Waals surface area contributed by atoms with Crippen molar-refractivity contribution in [3.63, 3.8) is 0 Å². The van der Waals surface area contributed by atoms with Crippen LogP contribution in [0.5, 0.6) is 0 Å². The highest BCUT2D eigenvalue weighted by molar-refractivity contribution is 6.26. The highest BCUT2D eigenvalue weighted by atomic mass is 15.0. The van der Waals surface area contributed by atoms with Gasteiger partial charge in [-0.1, -0.05) is 194 Å². The lowest BCUT2D eigenvalue weighted by atomic mass is 9.92. The lowest BCUT2D eigenvalue weighted by molar-refractivity contribution is 1.08. The Kier molecular flexibility index (Phi) is 8.83. The molecule has 14 rings (SSSR count). The number of para-hydroxylation sites is 3. The van der Waals surface area contributed by atoms with E-state index in [0.29, 0.717) is 17.5 Å². The highest BCUT2D eigenvalue weighted by Crippen LogP contribution is 2.44. The number of benzene rings is 11. The van der Waals surface area contributed by atoms with Crippen LogP contribution in [0, 0.1) is 0 Å². The second kappa shape index (κ2) is 15.7. The smallest absolute Gasteiger partial charge is 0.164 e. The molecule has 0 aliphatic rings. The molecule has 14 aromatic rings. The van der Waals surface area contributed by atoms with Gasteiger partial charge in [0, 0.05) is 44.1 Å². The summed E-state index contributed by atoms with van der Waals surface area (Å²) >= 11 is 0. The van der Waals surface area contributed by atoms with Crippen LogP contribution >= 0.6 is 0 Å². The molecule has 5 nitrogen and oxygen atoms in total. The molecule has 0 atom stereocenters. The van der Waals surface area contributed by atoms with E-state index in [1.807, 2.05) is 18.2 Å². The summed E-state index contributed by atoms with van der Waals surface area (Å²) in [6, 6.07) is 83.9. The normalized spacial score (nSPS) is 11.8. The molecule has 0 unspecified atom stereocenters. The second-order valence-electron chi connectivity index (χ2n) is 17.7. The monoisotopic (exact) mass is 877 g/mol. The Morgan fingerprint density at radius 3 is 1.49 bits per heavy atom. The Labute approximate surface area is 397 Å². The van der Waals surface area contributed by atoms with Gasteiger partial charge in [-0.2, -0.15) is 0 Å². The lowest BCUT2D eigenvalue weighted by Gasteiger charge is -2.16. The second-order valence-corrected chi connectivity index (χ2v) is 17.7. The van der Waals surface area contributed by atoms with Crippen LogP contribution in [0.3, 0.4) is 0 Å². The number of aromatic nitrogens is 5. The van der Waals surface area contributed by atoms with E-state index in [1.54, 1.807) is 0 Å².